The number of hydrogen-bond acceptors (Lipinski definition) is 4. The van der Waals surface area contributed by atoms with Gasteiger partial charge < -0.3 is 9.47 Å². The summed E-state index contributed by atoms with van der Waals surface area (Å²) in [5.41, 5.74) is -0.464. The van der Waals surface area contributed by atoms with E-state index in [0.717, 1.165) is 5.56 Å². The molecule has 1 aliphatic carbocycles. The lowest BCUT2D eigenvalue weighted by Crippen LogP contribution is -2.39. The van der Waals surface area contributed by atoms with Crippen LogP contribution in [0.1, 0.15) is 22.3 Å². The molecule has 2 bridgehead atoms. The monoisotopic (exact) mass is 282 g/mol. The van der Waals surface area contributed by atoms with E-state index in [0.29, 0.717) is 12.0 Å². The van der Waals surface area contributed by atoms with Crippen LogP contribution in [0, 0.1) is 17.8 Å². The number of rotatable bonds is 2. The van der Waals surface area contributed by atoms with Crippen molar-refractivity contribution >= 4 is 11.8 Å². The Bertz CT molecular complexity index is 734. The lowest BCUT2D eigenvalue weighted by atomic mass is 9.74. The molecule has 0 amide bonds. The maximum absolute atomic E-state index is 13.1. The summed E-state index contributed by atoms with van der Waals surface area (Å²) in [5, 5.41) is 0. The molecule has 0 N–H and O–H groups in total. The van der Waals surface area contributed by atoms with Crippen molar-refractivity contribution in [1.29, 1.82) is 0 Å². The molecule has 5 rings (SSSR count). The number of ketones is 1. The molecule has 2 spiro atoms. The van der Waals surface area contributed by atoms with Gasteiger partial charge >= 0.3 is 5.97 Å². The van der Waals surface area contributed by atoms with E-state index in [1.54, 1.807) is 0 Å². The van der Waals surface area contributed by atoms with Crippen molar-refractivity contribution in [2.45, 2.75) is 25.0 Å². The van der Waals surface area contributed by atoms with Gasteiger partial charge in [0.05, 0.1) is 11.5 Å². The highest BCUT2D eigenvalue weighted by Gasteiger charge is 2.94. The molecule has 1 aromatic rings. The number of fused-ring (bicyclic) bond motifs is 2. The van der Waals surface area contributed by atoms with Crippen LogP contribution in [-0.4, -0.2) is 30.1 Å². The van der Waals surface area contributed by atoms with Crippen LogP contribution < -0.4 is 0 Å². The average molecular weight is 282 g/mol. The Hall–Kier alpha value is -1.94. The maximum Gasteiger partial charge on any atom is 0.316 e. The number of esters is 1. The fourth-order valence-corrected chi connectivity index (χ4v) is 4.59. The molecule has 3 fully saturated rings. The van der Waals surface area contributed by atoms with Gasteiger partial charge in [-0.2, -0.15) is 0 Å². The molecule has 4 aliphatic rings. The van der Waals surface area contributed by atoms with Crippen LogP contribution >= 0.6 is 0 Å². The Morgan fingerprint density at radius 2 is 2.05 bits per heavy atom. The zero-order valence-corrected chi connectivity index (χ0v) is 11.6. The largest absolute Gasteiger partial charge is 0.462 e. The van der Waals surface area contributed by atoms with E-state index in [1.165, 1.54) is 0 Å². The highest BCUT2D eigenvalue weighted by molar-refractivity contribution is 6.10. The predicted molar refractivity (Wildman–Crippen MR) is 72.7 cm³/mol. The number of aryl methyl sites for hydroxylation is 1. The lowest BCUT2D eigenvalue weighted by Gasteiger charge is -2.21. The molecule has 106 valence electrons. The zero-order valence-electron chi connectivity index (χ0n) is 11.6. The first-order valence-corrected chi connectivity index (χ1v) is 7.22. The van der Waals surface area contributed by atoms with Crippen LogP contribution in [0.4, 0.5) is 0 Å². The number of carbonyl (C=O) groups is 2. The van der Waals surface area contributed by atoms with Crippen LogP contribution in [0.25, 0.3) is 0 Å². The molecule has 4 nitrogen and oxygen atoms in total. The third-order valence-electron chi connectivity index (χ3n) is 5.75. The number of benzene rings is 1. The molecule has 1 saturated carbocycles. The first-order chi connectivity index (χ1) is 10.1. The summed E-state index contributed by atoms with van der Waals surface area (Å²) in [5.74, 6) is -0.257. The van der Waals surface area contributed by atoms with E-state index >= 15 is 0 Å². The Balaban J connectivity index is 1.65. The van der Waals surface area contributed by atoms with Crippen molar-refractivity contribution in [2.75, 3.05) is 6.61 Å². The van der Waals surface area contributed by atoms with Crippen molar-refractivity contribution in [3.05, 3.63) is 47.5 Å². The Morgan fingerprint density at radius 3 is 2.81 bits per heavy atom. The summed E-state index contributed by atoms with van der Waals surface area (Å²) >= 11 is 0. The predicted octanol–water partition coefficient (Wildman–Crippen LogP) is 1.82. The first kappa shape index (κ1) is 11.7. The zero-order chi connectivity index (χ0) is 14.5. The molecule has 4 atom stereocenters. The van der Waals surface area contributed by atoms with Gasteiger partial charge in [0.15, 0.2) is 5.78 Å². The third kappa shape index (κ3) is 0.977. The second-order valence-electron chi connectivity index (χ2n) is 6.61. The van der Waals surface area contributed by atoms with E-state index in [-0.39, 0.29) is 24.5 Å². The SMILES string of the molecule is Cc1ccc(C(=O)[C@@]23C[C@@]24C(=O)OC[C@]42C=C[C@H]3O2)cc1. The summed E-state index contributed by atoms with van der Waals surface area (Å²) in [6.45, 7) is 2.22. The van der Waals surface area contributed by atoms with Gasteiger partial charge in [0, 0.05) is 5.56 Å². The van der Waals surface area contributed by atoms with Crippen LogP contribution in [-0.2, 0) is 14.3 Å². The Labute approximate surface area is 121 Å². The highest BCUT2D eigenvalue weighted by Crippen LogP contribution is 2.82. The standard InChI is InChI=1S/C17H14O4/c1-10-2-4-11(5-3-10)13(18)16-8-17(16)14(19)20-9-15(17)7-6-12(16)21-15/h2-7,12H,8-9H2,1H3/t12-,15-,16+,17+/m1/s1. The second kappa shape index (κ2) is 3.12. The lowest BCUT2D eigenvalue weighted by molar-refractivity contribution is -0.143. The number of Topliss-reactive ketones (excluding diaryl/α,β-unsaturated/α-hetero) is 1. The number of ether oxygens (including phenoxy) is 2. The summed E-state index contributed by atoms with van der Waals surface area (Å²) in [6, 6.07) is 7.51. The van der Waals surface area contributed by atoms with E-state index in [1.807, 2.05) is 43.3 Å². The van der Waals surface area contributed by atoms with Crippen molar-refractivity contribution in [2.24, 2.45) is 10.8 Å². The molecule has 2 saturated heterocycles. The fraction of sp³-hybridized carbons (Fsp3) is 0.412. The normalized spacial score (nSPS) is 44.4. The minimum absolute atomic E-state index is 0.0116. The highest BCUT2D eigenvalue weighted by atomic mass is 16.6. The van der Waals surface area contributed by atoms with Crippen molar-refractivity contribution in [1.82, 2.24) is 0 Å². The summed E-state index contributed by atoms with van der Waals surface area (Å²) < 4.78 is 11.2. The van der Waals surface area contributed by atoms with Gasteiger partial charge in [-0.15, -0.1) is 0 Å². The van der Waals surface area contributed by atoms with Crippen LogP contribution in [0.3, 0.4) is 0 Å². The average Bonchev–Trinajstić information content (AvgIpc) is 2.82. The fourth-order valence-electron chi connectivity index (χ4n) is 4.59. The van der Waals surface area contributed by atoms with Crippen molar-refractivity contribution < 1.29 is 19.1 Å². The van der Waals surface area contributed by atoms with Gasteiger partial charge in [-0.25, -0.2) is 0 Å². The smallest absolute Gasteiger partial charge is 0.316 e. The van der Waals surface area contributed by atoms with Crippen LogP contribution in [0.5, 0.6) is 0 Å². The molecule has 3 aliphatic heterocycles. The molecule has 1 aromatic carbocycles. The number of cyclic esters (lactones) is 1. The van der Waals surface area contributed by atoms with Gasteiger partial charge in [0.2, 0.25) is 0 Å². The van der Waals surface area contributed by atoms with E-state index in [2.05, 4.69) is 0 Å². The minimum atomic E-state index is -0.776. The Morgan fingerprint density at radius 1 is 1.29 bits per heavy atom. The molecular weight excluding hydrogens is 268 g/mol. The summed E-state index contributed by atoms with van der Waals surface area (Å²) in [6.07, 6.45) is 4.11. The molecule has 21 heavy (non-hydrogen) atoms. The molecular formula is C17H14O4. The second-order valence-corrected chi connectivity index (χ2v) is 6.61. The Kier molecular flexibility index (Phi) is 1.74. The molecule has 0 unspecified atom stereocenters. The van der Waals surface area contributed by atoms with Gasteiger partial charge in [-0.3, -0.25) is 9.59 Å². The molecule has 0 aromatic heterocycles. The number of carbonyl (C=O) groups excluding carboxylic acids is 2. The topological polar surface area (TPSA) is 52.6 Å². The molecule has 4 heteroatoms. The van der Waals surface area contributed by atoms with E-state index in [9.17, 15) is 9.59 Å². The number of hydrogen-bond donors (Lipinski definition) is 0. The minimum Gasteiger partial charge on any atom is -0.462 e. The van der Waals surface area contributed by atoms with Gasteiger partial charge in [0.1, 0.15) is 17.6 Å². The van der Waals surface area contributed by atoms with Crippen molar-refractivity contribution in [3.63, 3.8) is 0 Å². The summed E-state index contributed by atoms with van der Waals surface area (Å²) in [7, 11) is 0. The van der Waals surface area contributed by atoms with Crippen LogP contribution in [0.2, 0.25) is 0 Å². The van der Waals surface area contributed by atoms with Gasteiger partial charge in [-0.05, 0) is 19.4 Å². The first-order valence-electron chi connectivity index (χ1n) is 7.22. The van der Waals surface area contributed by atoms with Gasteiger partial charge in [0.25, 0.3) is 0 Å². The quantitative estimate of drug-likeness (QED) is 0.472. The van der Waals surface area contributed by atoms with Crippen molar-refractivity contribution in [3.8, 4) is 0 Å². The molecule has 0 radical (unpaired) electrons. The van der Waals surface area contributed by atoms with E-state index in [4.69, 9.17) is 9.47 Å². The van der Waals surface area contributed by atoms with Crippen LogP contribution in [0.15, 0.2) is 36.4 Å². The summed E-state index contributed by atoms with van der Waals surface area (Å²) in [4.78, 5) is 25.4. The third-order valence-corrected chi connectivity index (χ3v) is 5.75. The van der Waals surface area contributed by atoms with E-state index < -0.39 is 16.4 Å². The van der Waals surface area contributed by atoms with Gasteiger partial charge in [-0.1, -0.05) is 35.9 Å². The maximum atomic E-state index is 13.1. The molecule has 3 heterocycles.